The number of carboxylic acids is 1. The third kappa shape index (κ3) is 8.77. The highest BCUT2D eigenvalue weighted by atomic mass is 32.1. The van der Waals surface area contributed by atoms with E-state index in [0.29, 0.717) is 17.4 Å². The monoisotopic (exact) mass is 588 g/mol. The number of nitrogens with zero attached hydrogens (tertiary/aromatic N) is 4. The van der Waals surface area contributed by atoms with Gasteiger partial charge in [0.2, 0.25) is 0 Å². The van der Waals surface area contributed by atoms with Crippen LogP contribution in [0.5, 0.6) is 0 Å². The number of halogens is 3. The van der Waals surface area contributed by atoms with Crippen molar-refractivity contribution in [3.05, 3.63) is 82.8 Å². The number of nitrogens with one attached hydrogen (secondary N) is 1. The van der Waals surface area contributed by atoms with Crippen LogP contribution in [0.15, 0.2) is 60.1 Å². The molecule has 0 fully saturated rings. The summed E-state index contributed by atoms with van der Waals surface area (Å²) in [6.45, 7) is 2.29. The van der Waals surface area contributed by atoms with Crippen LogP contribution in [-0.2, 0) is 24.2 Å². The molecule has 2 aromatic carbocycles. The number of benzene rings is 2. The molecule has 40 heavy (non-hydrogen) atoms. The predicted octanol–water partition coefficient (Wildman–Crippen LogP) is 5.10. The second-order valence-electron chi connectivity index (χ2n) is 8.81. The zero-order valence-electron chi connectivity index (χ0n) is 21.5. The highest BCUT2D eigenvalue weighted by Crippen LogP contribution is 2.31. The van der Waals surface area contributed by atoms with Gasteiger partial charge in [-0.2, -0.15) is 18.4 Å². The summed E-state index contributed by atoms with van der Waals surface area (Å²) in [7, 11) is 2.06. The molecule has 0 amide bonds. The summed E-state index contributed by atoms with van der Waals surface area (Å²) in [6.07, 6.45) is -1.72. The number of aromatic amines is 1. The first-order chi connectivity index (χ1) is 19.0. The van der Waals surface area contributed by atoms with Gasteiger partial charge in [0.25, 0.3) is 0 Å². The van der Waals surface area contributed by atoms with Crippen molar-refractivity contribution in [3.63, 3.8) is 0 Å². The average Bonchev–Trinajstić information content (AvgIpc) is 3.54. The van der Waals surface area contributed by atoms with Crippen molar-refractivity contribution in [1.82, 2.24) is 14.9 Å². The lowest BCUT2D eigenvalue weighted by atomic mass is 10.1. The normalized spacial score (nSPS) is 11.1. The Kier molecular flexibility index (Phi) is 10.6. The maximum atomic E-state index is 10.6. The Hall–Kier alpha value is -3.99. The van der Waals surface area contributed by atoms with Crippen LogP contribution in [0.2, 0.25) is 0 Å². The molecule has 0 aliphatic heterocycles. The third-order valence-corrected chi connectivity index (χ3v) is 7.09. The third-order valence-electron chi connectivity index (χ3n) is 5.86. The maximum absolute atomic E-state index is 10.6. The number of fused-ring (bicyclic) bond motifs is 1. The molecule has 0 aliphatic rings. The summed E-state index contributed by atoms with van der Waals surface area (Å²) in [5.74, 6) is -1.95. The molecule has 0 unspecified atom stereocenters. The van der Waals surface area contributed by atoms with Crippen LogP contribution in [0.4, 0.5) is 18.9 Å². The minimum absolute atomic E-state index is 0.386. The molecular weight excluding hydrogens is 561 g/mol. The molecule has 4 aromatic rings. The van der Waals surface area contributed by atoms with Gasteiger partial charge >= 0.3 is 12.1 Å². The zero-order chi connectivity index (χ0) is 29.3. The smallest absolute Gasteiger partial charge is 0.475 e. The second kappa shape index (κ2) is 13.9. The van der Waals surface area contributed by atoms with Gasteiger partial charge < -0.3 is 20.7 Å². The number of H-pyrrole nitrogens is 1. The Labute approximate surface area is 238 Å². The molecule has 0 saturated carbocycles. The van der Waals surface area contributed by atoms with E-state index in [1.807, 2.05) is 11.0 Å². The Morgan fingerprint density at radius 3 is 2.50 bits per heavy atom. The van der Waals surface area contributed by atoms with Crippen molar-refractivity contribution in [3.8, 4) is 6.07 Å². The van der Waals surface area contributed by atoms with Gasteiger partial charge in [-0.3, -0.25) is 4.90 Å². The Balaban J connectivity index is 0.000000559. The number of carboxylic acid groups (broad SMARTS) is 1. The van der Waals surface area contributed by atoms with Gasteiger partial charge in [-0.25, -0.2) is 9.78 Å². The lowest BCUT2D eigenvalue weighted by molar-refractivity contribution is -0.192. The molecule has 0 radical (unpaired) electrons. The molecule has 4 N–H and O–H groups in total. The number of carbonyl (C=O) groups is 1. The molecule has 210 valence electrons. The van der Waals surface area contributed by atoms with Crippen molar-refractivity contribution in [2.24, 2.45) is 5.73 Å². The number of anilines is 1. The van der Waals surface area contributed by atoms with Crippen molar-refractivity contribution in [1.29, 1.82) is 5.26 Å². The van der Waals surface area contributed by atoms with E-state index >= 15 is 0 Å². The minimum atomic E-state index is -5.08. The molecular formula is C27H27F3N6O2S2. The first kappa shape index (κ1) is 30.6. The number of thiocarbonyl (C=S) groups is 1. The van der Waals surface area contributed by atoms with E-state index in [1.165, 1.54) is 21.2 Å². The summed E-state index contributed by atoms with van der Waals surface area (Å²) < 4.78 is 33.0. The van der Waals surface area contributed by atoms with E-state index in [1.54, 1.807) is 17.5 Å². The van der Waals surface area contributed by atoms with Crippen LogP contribution in [0.25, 0.3) is 10.1 Å². The molecule has 2 heterocycles. The summed E-state index contributed by atoms with van der Waals surface area (Å²) in [4.78, 5) is 20.4. The van der Waals surface area contributed by atoms with Crippen LogP contribution in [0.3, 0.4) is 0 Å². The van der Waals surface area contributed by atoms with E-state index in [4.69, 9.17) is 33.1 Å². The summed E-state index contributed by atoms with van der Waals surface area (Å²) in [5.41, 5.74) is 10.2. The standard InChI is InChI=1S/C25H26N6S2.C2HF3O2/c1-30(16-24-28-15-20(14-26)29-24)11-10-19-17-33-23-8-7-21(13-22(19)23)31(25(27)32)12-9-18-5-3-2-4-6-18;3-2(4,5)1(6)7/h2-8,13,15,17H,9-12,16H2,1H3,(H2,27,32)(H,28,29);(H,6,7). The van der Waals surface area contributed by atoms with Gasteiger partial charge in [-0.15, -0.1) is 11.3 Å². The van der Waals surface area contributed by atoms with E-state index in [0.717, 1.165) is 37.4 Å². The van der Waals surface area contributed by atoms with Crippen LogP contribution in [0.1, 0.15) is 22.6 Å². The van der Waals surface area contributed by atoms with E-state index in [2.05, 4.69) is 75.8 Å². The molecule has 8 nitrogen and oxygen atoms in total. The van der Waals surface area contributed by atoms with Gasteiger partial charge in [0, 0.05) is 23.5 Å². The molecule has 0 saturated heterocycles. The number of nitrogens with two attached hydrogens (primary N) is 1. The lowest BCUT2D eigenvalue weighted by Crippen LogP contribution is -2.37. The predicted molar refractivity (Wildman–Crippen MR) is 153 cm³/mol. The Morgan fingerprint density at radius 2 is 1.90 bits per heavy atom. The fraction of sp³-hybridized carbons (Fsp3) is 0.259. The van der Waals surface area contributed by atoms with Crippen molar-refractivity contribution in [2.45, 2.75) is 25.6 Å². The van der Waals surface area contributed by atoms with Crippen LogP contribution < -0.4 is 10.6 Å². The number of hydrogen-bond donors (Lipinski definition) is 3. The van der Waals surface area contributed by atoms with Gasteiger partial charge in [-0.05, 0) is 72.2 Å². The fourth-order valence-electron chi connectivity index (χ4n) is 3.83. The highest BCUT2D eigenvalue weighted by molar-refractivity contribution is 7.80. The van der Waals surface area contributed by atoms with Gasteiger partial charge in [0.05, 0.1) is 12.7 Å². The molecule has 0 atom stereocenters. The van der Waals surface area contributed by atoms with Gasteiger partial charge in [-0.1, -0.05) is 30.3 Å². The van der Waals surface area contributed by atoms with Crippen molar-refractivity contribution < 1.29 is 23.1 Å². The molecule has 0 aliphatic carbocycles. The highest BCUT2D eigenvalue weighted by Gasteiger charge is 2.38. The van der Waals surface area contributed by atoms with Gasteiger partial charge in [0.15, 0.2) is 5.11 Å². The molecule has 0 bridgehead atoms. The number of rotatable bonds is 9. The number of hydrogen-bond acceptors (Lipinski definition) is 6. The first-order valence-corrected chi connectivity index (χ1v) is 13.3. The number of nitriles is 1. The molecule has 4 rings (SSSR count). The van der Waals surface area contributed by atoms with Crippen molar-refractivity contribution in [2.75, 3.05) is 25.0 Å². The number of aliphatic carboxylic acids is 1. The molecule has 2 aromatic heterocycles. The Bertz CT molecular complexity index is 1480. The largest absolute Gasteiger partial charge is 0.490 e. The van der Waals surface area contributed by atoms with E-state index < -0.39 is 12.1 Å². The summed E-state index contributed by atoms with van der Waals surface area (Å²) in [5, 5.41) is 19.9. The van der Waals surface area contributed by atoms with Crippen molar-refractivity contribution >= 4 is 50.4 Å². The summed E-state index contributed by atoms with van der Waals surface area (Å²) in [6, 6.07) is 18.9. The van der Waals surface area contributed by atoms with Crippen LogP contribution in [-0.4, -0.2) is 57.4 Å². The number of alkyl halides is 3. The number of likely N-dealkylation sites (N-methyl/N-ethyl adjacent to an activating group) is 1. The zero-order valence-corrected chi connectivity index (χ0v) is 23.1. The first-order valence-electron chi connectivity index (χ1n) is 12.0. The number of thiophene rings is 1. The van der Waals surface area contributed by atoms with E-state index in [9.17, 15) is 13.2 Å². The average molecular weight is 589 g/mol. The SMILES string of the molecule is CN(CCc1csc2ccc(N(CCc3ccccc3)C(N)=S)cc12)Cc1ncc(C#N)[nH]1.O=C(O)C(F)(F)F. The lowest BCUT2D eigenvalue weighted by Gasteiger charge is -2.23. The van der Waals surface area contributed by atoms with E-state index in [-0.39, 0.29) is 0 Å². The van der Waals surface area contributed by atoms with Gasteiger partial charge in [0.1, 0.15) is 17.6 Å². The summed E-state index contributed by atoms with van der Waals surface area (Å²) >= 11 is 7.14. The van der Waals surface area contributed by atoms with Crippen LogP contribution >= 0.6 is 23.6 Å². The quantitative estimate of drug-likeness (QED) is 0.231. The molecule has 0 spiro atoms. The topological polar surface area (TPSA) is 122 Å². The fourth-order valence-corrected chi connectivity index (χ4v) is 5.00. The maximum Gasteiger partial charge on any atom is 0.490 e. The van der Waals surface area contributed by atoms with Crippen LogP contribution in [0, 0.1) is 11.3 Å². The Morgan fingerprint density at radius 1 is 1.20 bits per heavy atom. The second-order valence-corrected chi connectivity index (χ2v) is 10.1. The minimum Gasteiger partial charge on any atom is -0.475 e. The number of imidazole rings is 1. The number of aromatic nitrogens is 2. The molecule has 13 heteroatoms.